The van der Waals surface area contributed by atoms with E-state index in [1.807, 2.05) is 6.92 Å². The van der Waals surface area contributed by atoms with E-state index in [9.17, 15) is 0 Å². The standard InChI is InChI=1S/C14H25N3O.HI/c1-10(2)13-11(7-8-18-13)9-16-14(15)17-12-5-3-4-6-12;/h11-13H,1,3-9H2,2H3,(H3,15,16,17);1H. The maximum absolute atomic E-state index is 5.93. The van der Waals surface area contributed by atoms with Gasteiger partial charge < -0.3 is 15.8 Å². The SMILES string of the molecule is C=C(C)C1OCCC1CN=C(N)NC1CCCC1.I. The first kappa shape index (κ1) is 16.8. The van der Waals surface area contributed by atoms with Gasteiger partial charge in [-0.15, -0.1) is 24.0 Å². The molecule has 0 aromatic heterocycles. The Balaban J connectivity index is 0.00000180. The predicted octanol–water partition coefficient (Wildman–Crippen LogP) is 2.43. The zero-order valence-electron chi connectivity index (χ0n) is 11.7. The second-order valence-electron chi connectivity index (χ2n) is 5.54. The number of hydrogen-bond donors (Lipinski definition) is 2. The molecule has 19 heavy (non-hydrogen) atoms. The molecule has 2 fully saturated rings. The average molecular weight is 379 g/mol. The molecule has 4 nitrogen and oxygen atoms in total. The van der Waals surface area contributed by atoms with E-state index in [4.69, 9.17) is 10.5 Å². The minimum atomic E-state index is 0. The third-order valence-electron chi connectivity index (χ3n) is 3.90. The molecular weight excluding hydrogens is 353 g/mol. The molecule has 2 rings (SSSR count). The highest BCUT2D eigenvalue weighted by molar-refractivity contribution is 14.0. The summed E-state index contributed by atoms with van der Waals surface area (Å²) in [6.07, 6.45) is 6.26. The van der Waals surface area contributed by atoms with Crippen LogP contribution in [0.4, 0.5) is 0 Å². The van der Waals surface area contributed by atoms with Crippen molar-refractivity contribution in [3.63, 3.8) is 0 Å². The summed E-state index contributed by atoms with van der Waals surface area (Å²) in [6.45, 7) is 7.55. The lowest BCUT2D eigenvalue weighted by Gasteiger charge is -2.17. The minimum Gasteiger partial charge on any atom is -0.374 e. The van der Waals surface area contributed by atoms with Crippen molar-refractivity contribution in [3.05, 3.63) is 12.2 Å². The fourth-order valence-corrected chi connectivity index (χ4v) is 2.91. The van der Waals surface area contributed by atoms with Gasteiger partial charge in [-0.05, 0) is 26.2 Å². The van der Waals surface area contributed by atoms with Crippen molar-refractivity contribution < 1.29 is 4.74 Å². The van der Waals surface area contributed by atoms with Crippen LogP contribution in [0.2, 0.25) is 0 Å². The van der Waals surface area contributed by atoms with Gasteiger partial charge in [-0.1, -0.05) is 25.0 Å². The lowest BCUT2D eigenvalue weighted by Crippen LogP contribution is -2.39. The van der Waals surface area contributed by atoms with Crippen molar-refractivity contribution in [2.24, 2.45) is 16.6 Å². The van der Waals surface area contributed by atoms with Crippen LogP contribution in [-0.4, -0.2) is 31.3 Å². The van der Waals surface area contributed by atoms with Crippen molar-refractivity contribution in [1.82, 2.24) is 5.32 Å². The highest BCUT2D eigenvalue weighted by atomic mass is 127. The van der Waals surface area contributed by atoms with Crippen LogP contribution in [0.3, 0.4) is 0 Å². The van der Waals surface area contributed by atoms with Gasteiger partial charge in [-0.3, -0.25) is 4.99 Å². The summed E-state index contributed by atoms with van der Waals surface area (Å²) in [5.74, 6) is 1.03. The number of halogens is 1. The highest BCUT2D eigenvalue weighted by Crippen LogP contribution is 2.25. The highest BCUT2D eigenvalue weighted by Gasteiger charge is 2.28. The third-order valence-corrected chi connectivity index (χ3v) is 3.90. The normalized spacial score (nSPS) is 28.2. The molecule has 2 atom stereocenters. The molecule has 0 aromatic rings. The molecule has 110 valence electrons. The van der Waals surface area contributed by atoms with Crippen molar-refractivity contribution in [2.45, 2.75) is 51.2 Å². The Morgan fingerprint density at radius 1 is 1.37 bits per heavy atom. The van der Waals surface area contributed by atoms with Gasteiger partial charge >= 0.3 is 0 Å². The second-order valence-corrected chi connectivity index (χ2v) is 5.54. The van der Waals surface area contributed by atoms with Gasteiger partial charge in [-0.25, -0.2) is 0 Å². The summed E-state index contributed by atoms with van der Waals surface area (Å²) in [6, 6.07) is 0.533. The number of hydrogen-bond acceptors (Lipinski definition) is 2. The van der Waals surface area contributed by atoms with Crippen LogP contribution in [0.15, 0.2) is 17.1 Å². The first-order valence-corrected chi connectivity index (χ1v) is 7.00. The summed E-state index contributed by atoms with van der Waals surface area (Å²) in [5.41, 5.74) is 7.02. The maximum Gasteiger partial charge on any atom is 0.188 e. The number of ether oxygens (including phenoxy) is 1. The Labute approximate surface area is 133 Å². The molecule has 1 saturated carbocycles. The van der Waals surface area contributed by atoms with Crippen molar-refractivity contribution in [2.75, 3.05) is 13.2 Å². The van der Waals surface area contributed by atoms with E-state index < -0.39 is 0 Å². The van der Waals surface area contributed by atoms with E-state index in [0.29, 0.717) is 17.9 Å². The molecule has 0 bridgehead atoms. The Morgan fingerprint density at radius 3 is 2.68 bits per heavy atom. The van der Waals surface area contributed by atoms with Gasteiger partial charge in [0.2, 0.25) is 0 Å². The number of aliphatic imine (C=N–C) groups is 1. The molecule has 2 unspecified atom stereocenters. The average Bonchev–Trinajstić information content (AvgIpc) is 2.96. The molecular formula is C14H26IN3O. The molecule has 0 radical (unpaired) electrons. The van der Waals surface area contributed by atoms with Gasteiger partial charge in [0.15, 0.2) is 5.96 Å². The van der Waals surface area contributed by atoms with Crippen LogP contribution >= 0.6 is 24.0 Å². The number of nitrogens with zero attached hydrogens (tertiary/aromatic N) is 1. The first-order valence-electron chi connectivity index (χ1n) is 7.00. The van der Waals surface area contributed by atoms with Crippen LogP contribution in [-0.2, 0) is 4.74 Å². The molecule has 1 aliphatic heterocycles. The summed E-state index contributed by atoms with van der Waals surface area (Å²) < 4.78 is 5.66. The molecule has 1 saturated heterocycles. The van der Waals surface area contributed by atoms with Crippen LogP contribution in [0.1, 0.15) is 39.0 Å². The third kappa shape index (κ3) is 4.95. The van der Waals surface area contributed by atoms with E-state index in [-0.39, 0.29) is 30.1 Å². The van der Waals surface area contributed by atoms with Crippen LogP contribution in [0.5, 0.6) is 0 Å². The Hall–Kier alpha value is -0.300. The molecule has 1 aliphatic carbocycles. The van der Waals surface area contributed by atoms with Crippen molar-refractivity contribution >= 4 is 29.9 Å². The first-order chi connectivity index (χ1) is 8.66. The van der Waals surface area contributed by atoms with E-state index in [1.165, 1.54) is 25.7 Å². The largest absolute Gasteiger partial charge is 0.374 e. The van der Waals surface area contributed by atoms with Gasteiger partial charge in [0.25, 0.3) is 0 Å². The van der Waals surface area contributed by atoms with Crippen LogP contribution < -0.4 is 11.1 Å². The summed E-state index contributed by atoms with van der Waals surface area (Å²) in [7, 11) is 0. The Bertz CT molecular complexity index is 327. The number of rotatable bonds is 4. The van der Waals surface area contributed by atoms with Crippen LogP contribution in [0.25, 0.3) is 0 Å². The monoisotopic (exact) mass is 379 g/mol. The fraction of sp³-hybridized carbons (Fsp3) is 0.786. The predicted molar refractivity (Wildman–Crippen MR) is 90.0 cm³/mol. The topological polar surface area (TPSA) is 59.6 Å². The quantitative estimate of drug-likeness (QED) is 0.341. The summed E-state index contributed by atoms with van der Waals surface area (Å²) in [5, 5.41) is 3.31. The molecule has 0 aromatic carbocycles. The van der Waals surface area contributed by atoms with E-state index in [0.717, 1.165) is 25.1 Å². The minimum absolute atomic E-state index is 0. The smallest absolute Gasteiger partial charge is 0.188 e. The van der Waals surface area contributed by atoms with Crippen molar-refractivity contribution in [3.8, 4) is 0 Å². The van der Waals surface area contributed by atoms with E-state index >= 15 is 0 Å². The molecule has 1 heterocycles. The Morgan fingerprint density at radius 2 is 2.05 bits per heavy atom. The van der Waals surface area contributed by atoms with E-state index in [1.54, 1.807) is 0 Å². The zero-order chi connectivity index (χ0) is 13.0. The van der Waals surface area contributed by atoms with Crippen molar-refractivity contribution in [1.29, 1.82) is 0 Å². The molecule has 0 spiro atoms. The fourth-order valence-electron chi connectivity index (χ4n) is 2.91. The summed E-state index contributed by atoms with van der Waals surface area (Å²) in [4.78, 5) is 4.46. The summed E-state index contributed by atoms with van der Waals surface area (Å²) >= 11 is 0. The lowest BCUT2D eigenvalue weighted by atomic mass is 9.97. The molecule has 2 aliphatic rings. The van der Waals surface area contributed by atoms with Gasteiger partial charge in [0.1, 0.15) is 0 Å². The van der Waals surface area contributed by atoms with Gasteiger partial charge in [0.05, 0.1) is 6.10 Å². The maximum atomic E-state index is 5.93. The molecule has 5 heteroatoms. The zero-order valence-corrected chi connectivity index (χ0v) is 14.1. The molecule has 3 N–H and O–H groups in total. The lowest BCUT2D eigenvalue weighted by molar-refractivity contribution is 0.120. The van der Waals surface area contributed by atoms with Gasteiger partial charge in [0, 0.05) is 25.1 Å². The van der Waals surface area contributed by atoms with Crippen LogP contribution in [0, 0.1) is 5.92 Å². The van der Waals surface area contributed by atoms with Gasteiger partial charge in [-0.2, -0.15) is 0 Å². The number of nitrogens with two attached hydrogens (primary N) is 1. The van der Waals surface area contributed by atoms with E-state index in [2.05, 4.69) is 16.9 Å². The second kappa shape index (κ2) is 8.09. The number of guanidine groups is 1. The number of nitrogens with one attached hydrogen (secondary N) is 1. The molecule has 0 amide bonds. The Kier molecular flexibility index (Phi) is 7.13.